The van der Waals surface area contributed by atoms with Gasteiger partial charge in [0.25, 0.3) is 0 Å². The Kier molecular flexibility index (Phi) is 11.7. The van der Waals surface area contributed by atoms with Gasteiger partial charge in [0, 0.05) is 25.6 Å². The highest BCUT2D eigenvalue weighted by Crippen LogP contribution is 2.23. The molecule has 1 aliphatic rings. The molecule has 0 aromatic rings. The van der Waals surface area contributed by atoms with E-state index in [1.165, 1.54) is 44.9 Å². The molecule has 3 nitrogen and oxygen atoms in total. The van der Waals surface area contributed by atoms with Gasteiger partial charge in [-0.05, 0) is 39.5 Å². The molecule has 0 heterocycles. The minimum absolute atomic E-state index is 0.135. The average molecular weight is 312 g/mol. The van der Waals surface area contributed by atoms with Crippen LogP contribution in [-0.2, 0) is 14.3 Å². The van der Waals surface area contributed by atoms with E-state index < -0.39 is 0 Å². The average Bonchev–Trinajstić information content (AvgIpc) is 2.50. The first kappa shape index (κ1) is 19.6. The maximum atomic E-state index is 12.5. The first-order chi connectivity index (χ1) is 10.8. The molecular weight excluding hydrogens is 276 g/mol. The number of ketones is 1. The van der Waals surface area contributed by atoms with Crippen LogP contribution in [0.2, 0.25) is 0 Å². The van der Waals surface area contributed by atoms with E-state index in [0.717, 1.165) is 32.1 Å². The summed E-state index contributed by atoms with van der Waals surface area (Å²) in [5.41, 5.74) is 0. The van der Waals surface area contributed by atoms with E-state index in [9.17, 15) is 4.79 Å². The molecule has 1 unspecified atom stereocenters. The maximum Gasteiger partial charge on any atom is 0.157 e. The van der Waals surface area contributed by atoms with Crippen molar-refractivity contribution in [1.29, 1.82) is 0 Å². The SMILES string of the molecule is CCOC(CCC1CCCCCCCCCCC1=O)OCC. The Morgan fingerprint density at radius 1 is 0.909 bits per heavy atom. The Balaban J connectivity index is 2.44. The van der Waals surface area contributed by atoms with Gasteiger partial charge < -0.3 is 9.47 Å². The molecule has 3 heteroatoms. The van der Waals surface area contributed by atoms with Crippen molar-refractivity contribution >= 4 is 5.78 Å². The minimum atomic E-state index is -0.135. The van der Waals surface area contributed by atoms with Gasteiger partial charge in [0.1, 0.15) is 5.78 Å². The number of hydrogen-bond donors (Lipinski definition) is 0. The van der Waals surface area contributed by atoms with Gasteiger partial charge in [-0.2, -0.15) is 0 Å². The molecule has 130 valence electrons. The number of rotatable bonds is 7. The number of ether oxygens (including phenoxy) is 2. The molecule has 0 aromatic carbocycles. The van der Waals surface area contributed by atoms with Crippen molar-refractivity contribution in [2.75, 3.05) is 13.2 Å². The van der Waals surface area contributed by atoms with E-state index in [-0.39, 0.29) is 12.2 Å². The van der Waals surface area contributed by atoms with Gasteiger partial charge in [-0.1, -0.05) is 44.9 Å². The Morgan fingerprint density at radius 3 is 2.05 bits per heavy atom. The number of carbonyl (C=O) groups excluding carboxylic acids is 1. The molecule has 1 rings (SSSR count). The van der Waals surface area contributed by atoms with E-state index in [4.69, 9.17) is 9.47 Å². The summed E-state index contributed by atoms with van der Waals surface area (Å²) in [4.78, 5) is 12.5. The summed E-state index contributed by atoms with van der Waals surface area (Å²) in [6.45, 7) is 5.33. The van der Waals surface area contributed by atoms with Crippen molar-refractivity contribution < 1.29 is 14.3 Å². The Bertz CT molecular complexity index is 272. The smallest absolute Gasteiger partial charge is 0.157 e. The highest BCUT2D eigenvalue weighted by Gasteiger charge is 2.20. The van der Waals surface area contributed by atoms with Gasteiger partial charge in [-0.15, -0.1) is 0 Å². The first-order valence-corrected chi connectivity index (χ1v) is 9.53. The summed E-state index contributed by atoms with van der Waals surface area (Å²) in [6, 6.07) is 0. The fourth-order valence-corrected chi connectivity index (χ4v) is 3.34. The monoisotopic (exact) mass is 312 g/mol. The summed E-state index contributed by atoms with van der Waals surface area (Å²) in [6.07, 6.45) is 13.6. The predicted octanol–water partition coefficient (Wildman–Crippen LogP) is 5.27. The standard InChI is InChI=1S/C19H36O3/c1-3-21-19(22-4-2)16-15-17-13-11-9-7-5-6-8-10-12-14-18(17)20/h17,19H,3-16H2,1-2H3. The van der Waals surface area contributed by atoms with E-state index in [1.807, 2.05) is 13.8 Å². The zero-order valence-corrected chi connectivity index (χ0v) is 14.8. The molecule has 1 atom stereocenters. The molecule has 0 radical (unpaired) electrons. The molecule has 0 bridgehead atoms. The van der Waals surface area contributed by atoms with Gasteiger partial charge >= 0.3 is 0 Å². The van der Waals surface area contributed by atoms with Gasteiger partial charge in [0.2, 0.25) is 0 Å². The summed E-state index contributed by atoms with van der Waals surface area (Å²) < 4.78 is 11.2. The van der Waals surface area contributed by atoms with Crippen molar-refractivity contribution in [3.05, 3.63) is 0 Å². The van der Waals surface area contributed by atoms with Gasteiger partial charge in [-0.25, -0.2) is 0 Å². The Labute approximate surface area is 137 Å². The third-order valence-corrected chi connectivity index (χ3v) is 4.64. The van der Waals surface area contributed by atoms with Crippen LogP contribution in [0.5, 0.6) is 0 Å². The lowest BCUT2D eigenvalue weighted by Gasteiger charge is -2.21. The molecule has 0 amide bonds. The van der Waals surface area contributed by atoms with Crippen LogP contribution in [0, 0.1) is 5.92 Å². The third-order valence-electron chi connectivity index (χ3n) is 4.64. The van der Waals surface area contributed by atoms with Crippen LogP contribution in [0.1, 0.15) is 90.9 Å². The molecule has 1 saturated carbocycles. The zero-order valence-electron chi connectivity index (χ0n) is 14.8. The molecule has 22 heavy (non-hydrogen) atoms. The Hall–Kier alpha value is -0.410. The lowest BCUT2D eigenvalue weighted by atomic mass is 9.88. The molecule has 0 aromatic heterocycles. The van der Waals surface area contributed by atoms with Crippen molar-refractivity contribution in [3.63, 3.8) is 0 Å². The molecular formula is C19H36O3. The quantitative estimate of drug-likeness (QED) is 0.601. The van der Waals surface area contributed by atoms with Crippen LogP contribution in [-0.4, -0.2) is 25.3 Å². The van der Waals surface area contributed by atoms with Crippen LogP contribution >= 0.6 is 0 Å². The van der Waals surface area contributed by atoms with Crippen LogP contribution in [0.15, 0.2) is 0 Å². The van der Waals surface area contributed by atoms with E-state index in [0.29, 0.717) is 19.0 Å². The van der Waals surface area contributed by atoms with Crippen molar-refractivity contribution in [1.82, 2.24) is 0 Å². The maximum absolute atomic E-state index is 12.5. The van der Waals surface area contributed by atoms with Gasteiger partial charge in [-0.3, -0.25) is 4.79 Å². The molecule has 0 saturated heterocycles. The molecule has 1 fully saturated rings. The second kappa shape index (κ2) is 13.1. The summed E-state index contributed by atoms with van der Waals surface area (Å²) in [5.74, 6) is 0.704. The van der Waals surface area contributed by atoms with Crippen molar-refractivity contribution in [2.45, 2.75) is 97.2 Å². The Morgan fingerprint density at radius 2 is 1.45 bits per heavy atom. The first-order valence-electron chi connectivity index (χ1n) is 9.53. The van der Waals surface area contributed by atoms with Crippen LogP contribution in [0.25, 0.3) is 0 Å². The zero-order chi connectivity index (χ0) is 16.0. The van der Waals surface area contributed by atoms with E-state index in [1.54, 1.807) is 0 Å². The fourth-order valence-electron chi connectivity index (χ4n) is 3.34. The highest BCUT2D eigenvalue weighted by molar-refractivity contribution is 5.80. The van der Waals surface area contributed by atoms with Crippen LogP contribution < -0.4 is 0 Å². The normalized spacial score (nSPS) is 22.3. The largest absolute Gasteiger partial charge is 0.353 e. The van der Waals surface area contributed by atoms with Crippen molar-refractivity contribution in [3.8, 4) is 0 Å². The van der Waals surface area contributed by atoms with Crippen molar-refractivity contribution in [2.24, 2.45) is 5.92 Å². The molecule has 0 spiro atoms. The highest BCUT2D eigenvalue weighted by atomic mass is 16.7. The number of hydrogen-bond acceptors (Lipinski definition) is 3. The third kappa shape index (κ3) is 8.89. The van der Waals surface area contributed by atoms with E-state index >= 15 is 0 Å². The molecule has 0 aliphatic heterocycles. The summed E-state index contributed by atoms with van der Waals surface area (Å²) in [5, 5.41) is 0. The molecule has 1 aliphatic carbocycles. The topological polar surface area (TPSA) is 35.5 Å². The lowest BCUT2D eigenvalue weighted by molar-refractivity contribution is -0.143. The summed E-state index contributed by atoms with van der Waals surface area (Å²) in [7, 11) is 0. The predicted molar refractivity (Wildman–Crippen MR) is 90.9 cm³/mol. The van der Waals surface area contributed by atoms with Crippen LogP contribution in [0.3, 0.4) is 0 Å². The van der Waals surface area contributed by atoms with Crippen LogP contribution in [0.4, 0.5) is 0 Å². The lowest BCUT2D eigenvalue weighted by Crippen LogP contribution is -2.22. The fraction of sp³-hybridized carbons (Fsp3) is 0.947. The van der Waals surface area contributed by atoms with Gasteiger partial charge in [0.05, 0.1) is 0 Å². The summed E-state index contributed by atoms with van der Waals surface area (Å²) >= 11 is 0. The van der Waals surface area contributed by atoms with Gasteiger partial charge in [0.15, 0.2) is 6.29 Å². The molecule has 0 N–H and O–H groups in total. The minimum Gasteiger partial charge on any atom is -0.353 e. The van der Waals surface area contributed by atoms with E-state index in [2.05, 4.69) is 0 Å². The second-order valence-corrected chi connectivity index (χ2v) is 6.45. The number of Topliss-reactive ketones (excluding diaryl/α,β-unsaturated/α-hetero) is 1. The second-order valence-electron chi connectivity index (χ2n) is 6.45. The number of carbonyl (C=O) groups is 1.